The molecule has 2 saturated heterocycles. The summed E-state index contributed by atoms with van der Waals surface area (Å²) in [7, 11) is 0. The summed E-state index contributed by atoms with van der Waals surface area (Å²) < 4.78 is 13.0. The third-order valence-electron chi connectivity index (χ3n) is 2.81. The van der Waals surface area contributed by atoms with Gasteiger partial charge in [-0.1, -0.05) is 0 Å². The summed E-state index contributed by atoms with van der Waals surface area (Å²) >= 11 is 0. The van der Waals surface area contributed by atoms with Crippen molar-refractivity contribution in [2.24, 2.45) is 5.92 Å². The van der Waals surface area contributed by atoms with Crippen molar-refractivity contribution in [2.45, 2.75) is 19.0 Å². The number of likely N-dealkylation sites (tertiary alicyclic amines) is 1. The highest BCUT2D eigenvalue weighted by molar-refractivity contribution is 5.80. The van der Waals surface area contributed by atoms with Gasteiger partial charge >= 0.3 is 0 Å². The predicted octanol–water partition coefficient (Wildman–Crippen LogP) is 0.166. The summed E-state index contributed by atoms with van der Waals surface area (Å²) in [5, 5.41) is 3.05. The summed E-state index contributed by atoms with van der Waals surface area (Å²) in [6.07, 6.45) is 0.630. The Balaban J connectivity index is 1.87. The summed E-state index contributed by atoms with van der Waals surface area (Å²) in [4.78, 5) is 13.3. The number of piperidine rings is 1. The van der Waals surface area contributed by atoms with E-state index in [4.69, 9.17) is 0 Å². The second kappa shape index (κ2) is 3.62. The molecule has 0 spiro atoms. The van der Waals surface area contributed by atoms with Crippen molar-refractivity contribution >= 4 is 5.91 Å². The van der Waals surface area contributed by atoms with Crippen LogP contribution in [0, 0.1) is 5.92 Å². The first-order chi connectivity index (χ1) is 6.27. The maximum absolute atomic E-state index is 13.0. The van der Waals surface area contributed by atoms with Crippen molar-refractivity contribution in [1.29, 1.82) is 0 Å². The lowest BCUT2D eigenvalue weighted by molar-refractivity contribution is -0.139. The molecule has 2 aliphatic heterocycles. The number of carbonyl (C=O) groups excluding carboxylic acids is 1. The lowest BCUT2D eigenvalue weighted by Gasteiger charge is -2.35. The molecule has 0 aromatic carbocycles. The largest absolute Gasteiger partial charge is 0.339 e. The highest BCUT2D eigenvalue weighted by Gasteiger charge is 2.31. The van der Waals surface area contributed by atoms with Gasteiger partial charge in [0.25, 0.3) is 0 Å². The van der Waals surface area contributed by atoms with E-state index in [2.05, 4.69) is 5.32 Å². The number of halogens is 1. The Hall–Kier alpha value is -0.640. The van der Waals surface area contributed by atoms with Crippen LogP contribution in [0.15, 0.2) is 0 Å². The molecule has 0 aliphatic carbocycles. The van der Waals surface area contributed by atoms with Gasteiger partial charge in [-0.3, -0.25) is 4.79 Å². The molecule has 2 rings (SSSR count). The van der Waals surface area contributed by atoms with Crippen LogP contribution in [0.4, 0.5) is 4.39 Å². The van der Waals surface area contributed by atoms with Crippen LogP contribution in [0.5, 0.6) is 0 Å². The number of nitrogens with zero attached hydrogens (tertiary/aromatic N) is 1. The van der Waals surface area contributed by atoms with Crippen molar-refractivity contribution in [3.63, 3.8) is 0 Å². The minimum atomic E-state index is -0.800. The maximum Gasteiger partial charge on any atom is 0.228 e. The zero-order valence-electron chi connectivity index (χ0n) is 7.63. The van der Waals surface area contributed by atoms with Gasteiger partial charge in [-0.25, -0.2) is 4.39 Å². The molecule has 2 fully saturated rings. The molecule has 1 atom stereocenters. The summed E-state index contributed by atoms with van der Waals surface area (Å²) in [6.45, 7) is 2.60. The second-order valence-corrected chi connectivity index (χ2v) is 3.88. The number of rotatable bonds is 1. The third-order valence-corrected chi connectivity index (χ3v) is 2.81. The van der Waals surface area contributed by atoms with E-state index in [0.29, 0.717) is 13.0 Å². The van der Waals surface area contributed by atoms with Gasteiger partial charge in [-0.15, -0.1) is 0 Å². The predicted molar refractivity (Wildman–Crippen MR) is 47.1 cm³/mol. The molecule has 2 heterocycles. The molecule has 13 heavy (non-hydrogen) atoms. The number of carbonyl (C=O) groups is 1. The SMILES string of the molecule is O=C(C1CNC1)N1CCCC(F)C1. The lowest BCUT2D eigenvalue weighted by atomic mass is 10.00. The average Bonchev–Trinajstić information content (AvgIpc) is 2.01. The van der Waals surface area contributed by atoms with Crippen molar-refractivity contribution in [3.8, 4) is 0 Å². The molecule has 0 bridgehead atoms. The van der Waals surface area contributed by atoms with Gasteiger partial charge in [0, 0.05) is 19.6 Å². The molecule has 0 saturated carbocycles. The molecule has 4 heteroatoms. The van der Waals surface area contributed by atoms with Gasteiger partial charge < -0.3 is 10.2 Å². The fourth-order valence-corrected chi connectivity index (χ4v) is 1.85. The maximum atomic E-state index is 13.0. The minimum absolute atomic E-state index is 0.116. The fraction of sp³-hybridized carbons (Fsp3) is 0.889. The number of hydrogen-bond acceptors (Lipinski definition) is 2. The Morgan fingerprint density at radius 3 is 2.77 bits per heavy atom. The summed E-state index contributed by atoms with van der Waals surface area (Å²) in [5.74, 6) is 0.256. The van der Waals surface area contributed by atoms with Gasteiger partial charge in [0.15, 0.2) is 0 Å². The smallest absolute Gasteiger partial charge is 0.228 e. The van der Waals surface area contributed by atoms with Crippen molar-refractivity contribution in [3.05, 3.63) is 0 Å². The van der Waals surface area contributed by atoms with E-state index in [-0.39, 0.29) is 11.8 Å². The summed E-state index contributed by atoms with van der Waals surface area (Å²) in [5.41, 5.74) is 0. The fourth-order valence-electron chi connectivity index (χ4n) is 1.85. The molecule has 1 N–H and O–H groups in total. The van der Waals surface area contributed by atoms with Crippen LogP contribution in [0.1, 0.15) is 12.8 Å². The van der Waals surface area contributed by atoms with Gasteiger partial charge in [-0.05, 0) is 12.8 Å². The van der Waals surface area contributed by atoms with E-state index in [1.807, 2.05) is 0 Å². The van der Waals surface area contributed by atoms with E-state index in [9.17, 15) is 9.18 Å². The van der Waals surface area contributed by atoms with Crippen LogP contribution in [-0.2, 0) is 4.79 Å². The van der Waals surface area contributed by atoms with Crippen LogP contribution in [0.2, 0.25) is 0 Å². The Labute approximate surface area is 77.3 Å². The van der Waals surface area contributed by atoms with Gasteiger partial charge in [0.1, 0.15) is 6.17 Å². The van der Waals surface area contributed by atoms with Crippen LogP contribution < -0.4 is 5.32 Å². The first kappa shape index (κ1) is 8.94. The van der Waals surface area contributed by atoms with Crippen molar-refractivity contribution < 1.29 is 9.18 Å². The first-order valence-electron chi connectivity index (χ1n) is 4.91. The topological polar surface area (TPSA) is 32.3 Å². The number of alkyl halides is 1. The van der Waals surface area contributed by atoms with Gasteiger partial charge in [-0.2, -0.15) is 0 Å². The van der Waals surface area contributed by atoms with E-state index < -0.39 is 6.17 Å². The molecule has 2 aliphatic rings. The molecule has 3 nitrogen and oxygen atoms in total. The Morgan fingerprint density at radius 2 is 2.23 bits per heavy atom. The van der Waals surface area contributed by atoms with Crippen LogP contribution in [0.3, 0.4) is 0 Å². The molecule has 1 amide bonds. The quantitative estimate of drug-likeness (QED) is 0.633. The number of hydrogen-bond donors (Lipinski definition) is 1. The van der Waals surface area contributed by atoms with Crippen LogP contribution in [-0.4, -0.2) is 43.2 Å². The van der Waals surface area contributed by atoms with Gasteiger partial charge in [0.05, 0.1) is 12.5 Å². The monoisotopic (exact) mass is 186 g/mol. The highest BCUT2D eigenvalue weighted by atomic mass is 19.1. The normalized spacial score (nSPS) is 29.9. The van der Waals surface area contributed by atoms with E-state index in [1.54, 1.807) is 4.90 Å². The van der Waals surface area contributed by atoms with Crippen LogP contribution >= 0.6 is 0 Å². The number of nitrogens with one attached hydrogen (secondary N) is 1. The molecule has 1 unspecified atom stereocenters. The molecule has 0 aromatic heterocycles. The lowest BCUT2D eigenvalue weighted by Crippen LogP contribution is -2.54. The molecule has 0 aromatic rings. The average molecular weight is 186 g/mol. The van der Waals surface area contributed by atoms with E-state index >= 15 is 0 Å². The molecule has 0 radical (unpaired) electrons. The van der Waals surface area contributed by atoms with E-state index in [0.717, 1.165) is 26.1 Å². The molecular weight excluding hydrogens is 171 g/mol. The van der Waals surface area contributed by atoms with Crippen molar-refractivity contribution in [2.75, 3.05) is 26.2 Å². The Kier molecular flexibility index (Phi) is 2.49. The van der Waals surface area contributed by atoms with Gasteiger partial charge in [0.2, 0.25) is 5.91 Å². The zero-order valence-corrected chi connectivity index (χ0v) is 7.63. The second-order valence-electron chi connectivity index (χ2n) is 3.88. The van der Waals surface area contributed by atoms with Crippen molar-refractivity contribution in [1.82, 2.24) is 10.2 Å². The van der Waals surface area contributed by atoms with Crippen LogP contribution in [0.25, 0.3) is 0 Å². The third kappa shape index (κ3) is 1.82. The zero-order chi connectivity index (χ0) is 9.26. The highest BCUT2D eigenvalue weighted by Crippen LogP contribution is 2.16. The minimum Gasteiger partial charge on any atom is -0.339 e. The molecule has 74 valence electrons. The van der Waals surface area contributed by atoms with E-state index in [1.165, 1.54) is 0 Å². The Morgan fingerprint density at radius 1 is 1.46 bits per heavy atom. The first-order valence-corrected chi connectivity index (χ1v) is 4.91. The summed E-state index contributed by atoms with van der Waals surface area (Å²) in [6, 6.07) is 0. The Bertz CT molecular complexity index is 206. The standard InChI is InChI=1S/C9H15FN2O/c10-8-2-1-3-12(6-8)9(13)7-4-11-5-7/h7-8,11H,1-6H2. The number of amides is 1. The molecular formula is C9H15FN2O.